The number of hydrogen-bond acceptors (Lipinski definition) is 3. The summed E-state index contributed by atoms with van der Waals surface area (Å²) in [6, 6.07) is 13.7. The van der Waals surface area contributed by atoms with Crippen LogP contribution in [-0.4, -0.2) is 14.2 Å². The van der Waals surface area contributed by atoms with Crippen LogP contribution < -0.4 is 15.2 Å². The van der Waals surface area contributed by atoms with Crippen LogP contribution in [0.1, 0.15) is 18.1 Å². The molecule has 2 rings (SSSR count). The van der Waals surface area contributed by atoms with Crippen molar-refractivity contribution in [1.82, 2.24) is 0 Å². The van der Waals surface area contributed by atoms with E-state index in [9.17, 15) is 0 Å². The van der Waals surface area contributed by atoms with Crippen LogP contribution in [0, 0.1) is 0 Å². The van der Waals surface area contributed by atoms with Gasteiger partial charge in [0.1, 0.15) is 11.5 Å². The van der Waals surface area contributed by atoms with E-state index in [1.165, 1.54) is 0 Å². The highest BCUT2D eigenvalue weighted by Crippen LogP contribution is 2.36. The Morgan fingerprint density at radius 3 is 2.20 bits per heavy atom. The van der Waals surface area contributed by atoms with Crippen molar-refractivity contribution in [2.75, 3.05) is 14.2 Å². The monoisotopic (exact) mass is 335 g/mol. The molecule has 20 heavy (non-hydrogen) atoms. The molecule has 2 aromatic rings. The summed E-state index contributed by atoms with van der Waals surface area (Å²) in [4.78, 5) is 0. The van der Waals surface area contributed by atoms with E-state index >= 15 is 0 Å². The molecule has 0 bridgehead atoms. The van der Waals surface area contributed by atoms with Crippen LogP contribution >= 0.6 is 15.9 Å². The molecule has 0 fully saturated rings. The van der Waals surface area contributed by atoms with Gasteiger partial charge in [-0.3, -0.25) is 0 Å². The summed E-state index contributed by atoms with van der Waals surface area (Å²) in [5, 5.41) is 0. The molecule has 0 aliphatic heterocycles. The molecule has 2 aromatic carbocycles. The van der Waals surface area contributed by atoms with Crippen molar-refractivity contribution < 1.29 is 9.47 Å². The molecular weight excluding hydrogens is 318 g/mol. The van der Waals surface area contributed by atoms with Crippen molar-refractivity contribution in [2.24, 2.45) is 5.73 Å². The van der Waals surface area contributed by atoms with Gasteiger partial charge in [0.15, 0.2) is 0 Å². The zero-order valence-electron chi connectivity index (χ0n) is 11.8. The Balaban J connectivity index is 2.50. The molecule has 3 nitrogen and oxygen atoms in total. The molecule has 0 saturated carbocycles. The molecule has 0 aromatic heterocycles. The second-order valence-corrected chi connectivity index (χ2v) is 5.69. The van der Waals surface area contributed by atoms with Gasteiger partial charge in [0.05, 0.1) is 19.8 Å². The molecule has 0 spiro atoms. The first-order valence-corrected chi connectivity index (χ1v) is 7.05. The van der Waals surface area contributed by atoms with Crippen LogP contribution in [0.2, 0.25) is 0 Å². The van der Waals surface area contributed by atoms with Gasteiger partial charge >= 0.3 is 0 Å². The Morgan fingerprint density at radius 2 is 1.65 bits per heavy atom. The molecule has 1 atom stereocenters. The first-order valence-electron chi connectivity index (χ1n) is 6.26. The summed E-state index contributed by atoms with van der Waals surface area (Å²) < 4.78 is 11.7. The van der Waals surface area contributed by atoms with Crippen molar-refractivity contribution in [3.05, 3.63) is 58.1 Å². The van der Waals surface area contributed by atoms with Crippen molar-refractivity contribution in [3.8, 4) is 11.5 Å². The predicted octanol–water partition coefficient (Wildman–Crippen LogP) is 3.69. The second kappa shape index (κ2) is 5.85. The van der Waals surface area contributed by atoms with Gasteiger partial charge in [0.25, 0.3) is 0 Å². The van der Waals surface area contributed by atoms with E-state index in [1.54, 1.807) is 14.2 Å². The fraction of sp³-hybridized carbons (Fsp3) is 0.250. The largest absolute Gasteiger partial charge is 0.497 e. The molecule has 2 N–H and O–H groups in total. The van der Waals surface area contributed by atoms with Crippen LogP contribution in [0.25, 0.3) is 0 Å². The summed E-state index contributed by atoms with van der Waals surface area (Å²) >= 11 is 3.43. The Bertz CT molecular complexity index is 594. The summed E-state index contributed by atoms with van der Waals surface area (Å²) in [6.45, 7) is 1.97. The third-order valence-electron chi connectivity index (χ3n) is 3.41. The number of halogens is 1. The van der Waals surface area contributed by atoms with E-state index in [0.29, 0.717) is 0 Å². The fourth-order valence-electron chi connectivity index (χ4n) is 2.18. The molecule has 4 heteroatoms. The fourth-order valence-corrected chi connectivity index (χ4v) is 2.44. The molecule has 0 aliphatic carbocycles. The number of hydrogen-bond donors (Lipinski definition) is 1. The van der Waals surface area contributed by atoms with E-state index < -0.39 is 5.54 Å². The normalized spacial score (nSPS) is 13.7. The van der Waals surface area contributed by atoms with Crippen molar-refractivity contribution in [1.29, 1.82) is 0 Å². The molecule has 1 unspecified atom stereocenters. The number of benzene rings is 2. The summed E-state index contributed by atoms with van der Waals surface area (Å²) in [5.74, 6) is 1.47. The Labute approximate surface area is 127 Å². The van der Waals surface area contributed by atoms with Crippen molar-refractivity contribution in [2.45, 2.75) is 12.5 Å². The van der Waals surface area contributed by atoms with Crippen LogP contribution in [0.3, 0.4) is 0 Å². The first kappa shape index (κ1) is 14.9. The smallest absolute Gasteiger partial charge is 0.127 e. The summed E-state index contributed by atoms with van der Waals surface area (Å²) in [6.07, 6.45) is 0. The van der Waals surface area contributed by atoms with Crippen LogP contribution in [0.5, 0.6) is 11.5 Å². The lowest BCUT2D eigenvalue weighted by molar-refractivity contribution is 0.384. The molecule has 0 radical (unpaired) electrons. The summed E-state index contributed by atoms with van der Waals surface area (Å²) in [5.41, 5.74) is 7.84. The van der Waals surface area contributed by atoms with Gasteiger partial charge in [-0.1, -0.05) is 28.1 Å². The van der Waals surface area contributed by atoms with Gasteiger partial charge in [-0.2, -0.15) is 0 Å². The van der Waals surface area contributed by atoms with E-state index in [1.807, 2.05) is 49.4 Å². The van der Waals surface area contributed by atoms with Crippen molar-refractivity contribution in [3.63, 3.8) is 0 Å². The highest BCUT2D eigenvalue weighted by Gasteiger charge is 2.27. The third kappa shape index (κ3) is 2.81. The Kier molecular flexibility index (Phi) is 4.35. The quantitative estimate of drug-likeness (QED) is 0.926. The number of rotatable bonds is 4. The predicted molar refractivity (Wildman–Crippen MR) is 84.3 cm³/mol. The minimum absolute atomic E-state index is 0.641. The zero-order valence-corrected chi connectivity index (χ0v) is 13.4. The first-order chi connectivity index (χ1) is 9.48. The average Bonchev–Trinajstić information content (AvgIpc) is 2.46. The van der Waals surface area contributed by atoms with Crippen molar-refractivity contribution >= 4 is 15.9 Å². The maximum absolute atomic E-state index is 6.54. The molecule has 0 heterocycles. The lowest BCUT2D eigenvalue weighted by atomic mass is 9.85. The van der Waals surface area contributed by atoms with E-state index in [0.717, 1.165) is 27.1 Å². The number of methoxy groups -OCH3 is 2. The van der Waals surface area contributed by atoms with Crippen LogP contribution in [0.15, 0.2) is 46.9 Å². The molecule has 106 valence electrons. The molecule has 0 saturated heterocycles. The minimum Gasteiger partial charge on any atom is -0.497 e. The highest BCUT2D eigenvalue weighted by atomic mass is 79.9. The zero-order chi connectivity index (χ0) is 14.8. The van der Waals surface area contributed by atoms with Gasteiger partial charge in [-0.15, -0.1) is 0 Å². The molecule has 0 aliphatic rings. The average molecular weight is 336 g/mol. The van der Waals surface area contributed by atoms with Gasteiger partial charge in [0, 0.05) is 16.1 Å². The van der Waals surface area contributed by atoms with E-state index in [-0.39, 0.29) is 0 Å². The van der Waals surface area contributed by atoms with Crippen LogP contribution in [-0.2, 0) is 5.54 Å². The van der Waals surface area contributed by atoms with Gasteiger partial charge in [-0.25, -0.2) is 0 Å². The second-order valence-electron chi connectivity index (χ2n) is 4.78. The topological polar surface area (TPSA) is 44.5 Å². The summed E-state index contributed by atoms with van der Waals surface area (Å²) in [7, 11) is 3.26. The highest BCUT2D eigenvalue weighted by molar-refractivity contribution is 9.10. The van der Waals surface area contributed by atoms with Gasteiger partial charge in [0.2, 0.25) is 0 Å². The van der Waals surface area contributed by atoms with Gasteiger partial charge in [-0.05, 0) is 36.8 Å². The standard InChI is InChI=1S/C16H18BrNO2/c1-16(18,11-4-6-12(17)7-5-11)14-9-8-13(19-2)10-15(14)20-3/h4-10H,18H2,1-3H3. The van der Waals surface area contributed by atoms with Gasteiger partial charge < -0.3 is 15.2 Å². The third-order valence-corrected chi connectivity index (χ3v) is 3.94. The Hall–Kier alpha value is -1.52. The maximum atomic E-state index is 6.54. The van der Waals surface area contributed by atoms with E-state index in [2.05, 4.69) is 15.9 Å². The van der Waals surface area contributed by atoms with Crippen LogP contribution in [0.4, 0.5) is 0 Å². The SMILES string of the molecule is COc1ccc(C(C)(N)c2ccc(Br)cc2)c(OC)c1. The lowest BCUT2D eigenvalue weighted by Crippen LogP contribution is -2.34. The Morgan fingerprint density at radius 1 is 1.00 bits per heavy atom. The molecular formula is C16H18BrNO2. The van der Waals surface area contributed by atoms with E-state index in [4.69, 9.17) is 15.2 Å². The molecule has 0 amide bonds. The minimum atomic E-state index is -0.641. The lowest BCUT2D eigenvalue weighted by Gasteiger charge is -2.28. The number of nitrogens with two attached hydrogens (primary N) is 1. The number of ether oxygens (including phenoxy) is 2. The maximum Gasteiger partial charge on any atom is 0.127 e.